The number of hydrogen-bond acceptors (Lipinski definition) is 3. The predicted molar refractivity (Wildman–Crippen MR) is 179 cm³/mol. The van der Waals surface area contributed by atoms with Gasteiger partial charge < -0.3 is 4.90 Å². The van der Waals surface area contributed by atoms with Crippen molar-refractivity contribution >= 4 is 62.2 Å². The molecule has 2 aromatic heterocycles. The standard InChI is InChI=1S/C38H22BN5/c1-4-11-23(12-5-1)37-40-26-19-21-30-33-35(26)43(37)28-17-10-18-29-32(28)39(33)34-31(42(30)25-15-8-3-9-16-25)22-20-27-36(34)44(29)38(41-27)24-13-6-2-7-14-24/h1-22H. The molecule has 0 radical (unpaired) electrons. The smallest absolute Gasteiger partial charge is 0.257 e. The molecule has 5 heterocycles. The van der Waals surface area contributed by atoms with Crippen molar-refractivity contribution < 1.29 is 0 Å². The van der Waals surface area contributed by atoms with Crippen molar-refractivity contribution in [1.29, 1.82) is 0 Å². The Labute approximate surface area is 253 Å². The Morgan fingerprint density at radius 2 is 0.886 bits per heavy atom. The van der Waals surface area contributed by atoms with Crippen molar-refractivity contribution in [2.75, 3.05) is 4.90 Å². The minimum Gasteiger partial charge on any atom is -0.311 e. The average molecular weight is 559 g/mol. The fourth-order valence-electron chi connectivity index (χ4n) is 8.00. The molecule has 202 valence electrons. The fourth-order valence-corrected chi connectivity index (χ4v) is 8.00. The van der Waals surface area contributed by atoms with Crippen molar-refractivity contribution in [2.24, 2.45) is 0 Å². The molecule has 44 heavy (non-hydrogen) atoms. The molecule has 11 rings (SSSR count). The number of anilines is 3. The van der Waals surface area contributed by atoms with Crippen LogP contribution in [-0.2, 0) is 0 Å². The summed E-state index contributed by atoms with van der Waals surface area (Å²) in [5, 5.41) is 0. The first kappa shape index (κ1) is 22.7. The van der Waals surface area contributed by atoms with Gasteiger partial charge in [-0.15, -0.1) is 0 Å². The average Bonchev–Trinajstić information content (AvgIpc) is 3.68. The van der Waals surface area contributed by atoms with Gasteiger partial charge in [-0.3, -0.25) is 9.13 Å². The Bertz CT molecular complexity index is 2350. The summed E-state index contributed by atoms with van der Waals surface area (Å²) in [4.78, 5) is 13.1. The lowest BCUT2D eigenvalue weighted by Gasteiger charge is -2.42. The SMILES string of the molecule is c1ccc(-c2nc3ccc4c5c3n2-c2cccc3c2B5c2c(ccc5nc(-c6ccccc6)n-3c25)N4c2ccccc2)cc1. The second-order valence-electron chi connectivity index (χ2n) is 11.8. The molecule has 0 fully saturated rings. The van der Waals surface area contributed by atoms with Crippen molar-refractivity contribution in [3.8, 4) is 34.2 Å². The topological polar surface area (TPSA) is 38.9 Å². The van der Waals surface area contributed by atoms with Gasteiger partial charge in [-0.25, -0.2) is 9.97 Å². The van der Waals surface area contributed by atoms with E-state index in [0.717, 1.165) is 39.5 Å². The molecule has 3 aliphatic rings. The van der Waals surface area contributed by atoms with Gasteiger partial charge in [-0.05, 0) is 64.9 Å². The highest BCUT2D eigenvalue weighted by Gasteiger charge is 2.47. The second kappa shape index (κ2) is 7.94. The third-order valence-corrected chi connectivity index (χ3v) is 9.64. The van der Waals surface area contributed by atoms with Gasteiger partial charge in [0, 0.05) is 39.6 Å². The normalized spacial score (nSPS) is 13.4. The van der Waals surface area contributed by atoms with Crippen LogP contribution in [0.15, 0.2) is 133 Å². The van der Waals surface area contributed by atoms with Crippen LogP contribution in [0, 0.1) is 0 Å². The van der Waals surface area contributed by atoms with Gasteiger partial charge >= 0.3 is 0 Å². The maximum atomic E-state index is 5.31. The molecule has 0 spiro atoms. The first-order valence-corrected chi connectivity index (χ1v) is 15.1. The summed E-state index contributed by atoms with van der Waals surface area (Å²) in [6, 6.07) is 47.6. The Morgan fingerprint density at radius 1 is 0.409 bits per heavy atom. The van der Waals surface area contributed by atoms with E-state index in [1.54, 1.807) is 0 Å². The fraction of sp³-hybridized carbons (Fsp3) is 0. The molecule has 0 unspecified atom stereocenters. The highest BCUT2D eigenvalue weighted by Crippen LogP contribution is 2.44. The molecular formula is C38H22BN5. The van der Waals surface area contributed by atoms with Gasteiger partial charge in [-0.2, -0.15) is 0 Å². The molecule has 0 amide bonds. The molecule has 0 atom stereocenters. The molecule has 0 aliphatic carbocycles. The van der Waals surface area contributed by atoms with E-state index < -0.39 is 0 Å². The molecule has 0 saturated heterocycles. The largest absolute Gasteiger partial charge is 0.311 e. The number of para-hydroxylation sites is 1. The highest BCUT2D eigenvalue weighted by molar-refractivity contribution is 7.02. The Hall–Kier alpha value is -5.88. The second-order valence-corrected chi connectivity index (χ2v) is 11.8. The number of benzene rings is 6. The van der Waals surface area contributed by atoms with Crippen LogP contribution < -0.4 is 21.3 Å². The number of hydrogen-bond donors (Lipinski definition) is 0. The van der Waals surface area contributed by atoms with Gasteiger partial charge in [-0.1, -0.05) is 84.9 Å². The lowest BCUT2D eigenvalue weighted by Crippen LogP contribution is -2.63. The van der Waals surface area contributed by atoms with E-state index in [-0.39, 0.29) is 6.71 Å². The van der Waals surface area contributed by atoms with E-state index >= 15 is 0 Å². The molecule has 6 heteroatoms. The van der Waals surface area contributed by atoms with E-state index in [1.807, 2.05) is 0 Å². The van der Waals surface area contributed by atoms with Crippen LogP contribution in [-0.4, -0.2) is 25.8 Å². The van der Waals surface area contributed by atoms with E-state index in [2.05, 4.69) is 147 Å². The zero-order chi connectivity index (χ0) is 28.5. The quantitative estimate of drug-likeness (QED) is 0.228. The summed E-state index contributed by atoms with van der Waals surface area (Å²) in [6.45, 7) is 0.0687. The van der Waals surface area contributed by atoms with Crippen molar-refractivity contribution in [1.82, 2.24) is 19.1 Å². The summed E-state index contributed by atoms with van der Waals surface area (Å²) >= 11 is 0. The molecule has 0 bridgehead atoms. The first-order valence-electron chi connectivity index (χ1n) is 15.1. The molecular weight excluding hydrogens is 537 g/mol. The van der Waals surface area contributed by atoms with Crippen molar-refractivity contribution in [3.63, 3.8) is 0 Å². The highest BCUT2D eigenvalue weighted by atomic mass is 15.2. The maximum absolute atomic E-state index is 5.31. The summed E-state index contributed by atoms with van der Waals surface area (Å²) in [5.74, 6) is 1.94. The molecule has 0 saturated carbocycles. The van der Waals surface area contributed by atoms with Crippen molar-refractivity contribution in [2.45, 2.75) is 0 Å². The predicted octanol–water partition coefficient (Wildman–Crippen LogP) is 6.62. The van der Waals surface area contributed by atoms with E-state index in [9.17, 15) is 0 Å². The maximum Gasteiger partial charge on any atom is 0.257 e. The third-order valence-electron chi connectivity index (χ3n) is 9.64. The van der Waals surface area contributed by atoms with Crippen LogP contribution in [0.5, 0.6) is 0 Å². The van der Waals surface area contributed by atoms with Crippen LogP contribution in [0.1, 0.15) is 0 Å². The summed E-state index contributed by atoms with van der Waals surface area (Å²) in [5.41, 5.74) is 16.5. The van der Waals surface area contributed by atoms with Crippen LogP contribution in [0.2, 0.25) is 0 Å². The van der Waals surface area contributed by atoms with E-state index in [4.69, 9.17) is 9.97 Å². The molecule has 6 aromatic carbocycles. The Kier molecular flexibility index (Phi) is 4.09. The van der Waals surface area contributed by atoms with Crippen LogP contribution >= 0.6 is 0 Å². The summed E-state index contributed by atoms with van der Waals surface area (Å²) in [6.07, 6.45) is 0. The minimum atomic E-state index is 0.0687. The van der Waals surface area contributed by atoms with E-state index in [1.165, 1.54) is 50.2 Å². The number of nitrogens with zero attached hydrogens (tertiary/aromatic N) is 5. The van der Waals surface area contributed by atoms with Crippen molar-refractivity contribution in [3.05, 3.63) is 133 Å². The number of rotatable bonds is 3. The minimum absolute atomic E-state index is 0.0687. The first-order chi connectivity index (χ1) is 21.9. The van der Waals surface area contributed by atoms with E-state index in [0.29, 0.717) is 0 Å². The van der Waals surface area contributed by atoms with Crippen LogP contribution in [0.4, 0.5) is 17.1 Å². The Morgan fingerprint density at radius 3 is 1.39 bits per heavy atom. The van der Waals surface area contributed by atoms with Gasteiger partial charge in [0.05, 0.1) is 22.1 Å². The van der Waals surface area contributed by atoms with Gasteiger partial charge in [0.25, 0.3) is 6.71 Å². The lowest BCUT2D eigenvalue weighted by molar-refractivity contribution is 1.07. The van der Waals surface area contributed by atoms with Crippen LogP contribution in [0.3, 0.4) is 0 Å². The zero-order valence-electron chi connectivity index (χ0n) is 23.5. The van der Waals surface area contributed by atoms with Crippen LogP contribution in [0.25, 0.3) is 56.2 Å². The van der Waals surface area contributed by atoms with Gasteiger partial charge in [0.15, 0.2) is 0 Å². The number of fused-ring (bicyclic) bond motifs is 2. The summed E-state index contributed by atoms with van der Waals surface area (Å²) in [7, 11) is 0. The summed E-state index contributed by atoms with van der Waals surface area (Å²) < 4.78 is 4.83. The number of aromatic nitrogens is 4. The lowest BCUT2D eigenvalue weighted by atomic mass is 9.32. The monoisotopic (exact) mass is 559 g/mol. The van der Waals surface area contributed by atoms with Gasteiger partial charge in [0.2, 0.25) is 0 Å². The number of imidazole rings is 2. The third kappa shape index (κ3) is 2.63. The molecule has 3 aliphatic heterocycles. The Balaban J connectivity index is 1.36. The molecule has 8 aromatic rings. The zero-order valence-corrected chi connectivity index (χ0v) is 23.5. The van der Waals surface area contributed by atoms with Gasteiger partial charge in [0.1, 0.15) is 11.6 Å². The molecule has 0 N–H and O–H groups in total. The molecule has 5 nitrogen and oxygen atoms in total.